The number of carbonyl (C=O) groups excluding carboxylic acids is 3. The second-order valence-electron chi connectivity index (χ2n) is 21.2. The summed E-state index contributed by atoms with van der Waals surface area (Å²) >= 11 is 0. The van der Waals surface area contributed by atoms with Gasteiger partial charge in [-0.3, -0.25) is 14.4 Å². The van der Waals surface area contributed by atoms with Gasteiger partial charge in [0, 0.05) is 31.7 Å². The van der Waals surface area contributed by atoms with E-state index in [0.717, 1.165) is 96.6 Å². The molecule has 3 fully saturated rings. The number of esters is 3. The first-order valence-electron chi connectivity index (χ1n) is 28.1. The van der Waals surface area contributed by atoms with Gasteiger partial charge in [0.25, 0.3) is 0 Å². The van der Waals surface area contributed by atoms with Crippen molar-refractivity contribution in [2.45, 2.75) is 278 Å². The molecule has 2 saturated carbocycles. The zero-order chi connectivity index (χ0) is 46.2. The Labute approximate surface area is 395 Å². The van der Waals surface area contributed by atoms with Crippen LogP contribution in [0, 0.1) is 35.5 Å². The fourth-order valence-electron chi connectivity index (χ4n) is 11.2. The summed E-state index contributed by atoms with van der Waals surface area (Å²) in [6.45, 7) is 13.2. The third-order valence-corrected chi connectivity index (χ3v) is 15.3. The molecule has 7 nitrogen and oxygen atoms in total. The molecule has 1 aliphatic heterocycles. The molecule has 3 rings (SSSR count). The molecule has 0 N–H and O–H groups in total. The van der Waals surface area contributed by atoms with Gasteiger partial charge in [-0.25, -0.2) is 0 Å². The first-order chi connectivity index (χ1) is 31.2. The summed E-state index contributed by atoms with van der Waals surface area (Å²) in [6, 6.07) is 0. The Morgan fingerprint density at radius 3 is 1.78 bits per heavy atom. The van der Waals surface area contributed by atoms with Crippen molar-refractivity contribution in [1.82, 2.24) is 4.90 Å². The third kappa shape index (κ3) is 24.2. The first kappa shape index (κ1) is 56.4. The van der Waals surface area contributed by atoms with Crippen LogP contribution in [0.5, 0.6) is 0 Å². The fourth-order valence-corrected chi connectivity index (χ4v) is 11.2. The van der Waals surface area contributed by atoms with Gasteiger partial charge in [0.2, 0.25) is 0 Å². The van der Waals surface area contributed by atoms with Crippen LogP contribution < -0.4 is 0 Å². The topological polar surface area (TPSA) is 82.1 Å². The molecule has 0 spiro atoms. The van der Waals surface area contributed by atoms with Crippen molar-refractivity contribution in [2.75, 3.05) is 20.1 Å². The number of unbranched alkanes of at least 4 members (excludes halogenated alkanes) is 18. The lowest BCUT2D eigenvalue weighted by atomic mass is 9.88. The van der Waals surface area contributed by atoms with Crippen LogP contribution in [0.25, 0.3) is 0 Å². The lowest BCUT2D eigenvalue weighted by Gasteiger charge is -2.28. The van der Waals surface area contributed by atoms with Gasteiger partial charge in [-0.05, 0) is 101 Å². The summed E-state index contributed by atoms with van der Waals surface area (Å²) in [5.74, 6) is 1.29. The maximum Gasteiger partial charge on any atom is 0.309 e. The summed E-state index contributed by atoms with van der Waals surface area (Å²) in [4.78, 5) is 44.1. The predicted molar refractivity (Wildman–Crippen MR) is 267 cm³/mol. The van der Waals surface area contributed by atoms with Crippen LogP contribution in [0.4, 0.5) is 0 Å². The molecule has 2 aliphatic carbocycles. The molecule has 372 valence electrons. The monoisotopic (exact) mass is 898 g/mol. The van der Waals surface area contributed by atoms with Crippen LogP contribution in [-0.4, -0.2) is 61.3 Å². The molecule has 9 atom stereocenters. The Bertz CT molecular complexity index is 1240. The zero-order valence-corrected chi connectivity index (χ0v) is 42.9. The smallest absolute Gasteiger partial charge is 0.309 e. The molecule has 9 unspecified atom stereocenters. The van der Waals surface area contributed by atoms with Crippen molar-refractivity contribution in [3.8, 4) is 0 Å². The molecular weight excluding hydrogens is 795 g/mol. The standard InChI is InChI=1S/C57H103NO6/c1-7-12-17-21-24-29-33-47(32-28-20-15-10-4)57(61)62-50(35-31-26-23-19-14-9-3)44-54(52-42-48(52)34-30-25-22-18-13-8-2)64-56(60)43-49-37-38-53(51(49)36-27-16-11-5)63-55(59)41-46-39-40-58(6)45-46/h16,27,46-54H,7-15,17-26,28-45H2,1-6H3/b27-16-. The van der Waals surface area contributed by atoms with Gasteiger partial charge in [-0.2, -0.15) is 0 Å². The van der Waals surface area contributed by atoms with E-state index in [-0.39, 0.29) is 54.0 Å². The van der Waals surface area contributed by atoms with E-state index >= 15 is 0 Å². The third-order valence-electron chi connectivity index (χ3n) is 15.3. The zero-order valence-electron chi connectivity index (χ0n) is 42.9. The number of ether oxygens (including phenoxy) is 3. The van der Waals surface area contributed by atoms with E-state index < -0.39 is 0 Å². The number of nitrogens with zero attached hydrogens (tertiary/aromatic N) is 1. The second-order valence-corrected chi connectivity index (χ2v) is 21.2. The molecule has 1 saturated heterocycles. The molecule has 0 bridgehead atoms. The van der Waals surface area contributed by atoms with E-state index in [9.17, 15) is 14.4 Å². The van der Waals surface area contributed by atoms with Crippen LogP contribution in [0.3, 0.4) is 0 Å². The Morgan fingerprint density at radius 2 is 1.19 bits per heavy atom. The number of hydrogen-bond donors (Lipinski definition) is 0. The molecular formula is C57H103NO6. The second kappa shape index (κ2) is 35.3. The predicted octanol–water partition coefficient (Wildman–Crippen LogP) is 15.7. The lowest BCUT2D eigenvalue weighted by Crippen LogP contribution is -2.32. The lowest BCUT2D eigenvalue weighted by molar-refractivity contribution is -0.161. The maximum atomic E-state index is 14.3. The minimum atomic E-state index is -0.227. The SMILES string of the molecule is CC/C=C\CC1C(CC(=O)OC(CC(CCCCCCCC)OC(=O)C(CCCCCC)CCCCCCCC)C2CC2CCCCCCCC)CCC1OC(=O)CC1CCN(C)C1. The number of rotatable bonds is 40. The van der Waals surface area contributed by atoms with E-state index in [1.807, 2.05) is 0 Å². The van der Waals surface area contributed by atoms with Crippen LogP contribution in [0.1, 0.15) is 259 Å². The first-order valence-corrected chi connectivity index (χ1v) is 28.1. The highest BCUT2D eigenvalue weighted by Gasteiger charge is 2.46. The molecule has 0 amide bonds. The number of likely N-dealkylation sites (tertiary alicyclic amines) is 1. The van der Waals surface area contributed by atoms with Gasteiger partial charge < -0.3 is 19.1 Å². The van der Waals surface area contributed by atoms with Gasteiger partial charge in [-0.1, -0.05) is 188 Å². The normalized spacial score (nSPS) is 23.7. The van der Waals surface area contributed by atoms with Crippen LogP contribution in [0.15, 0.2) is 12.2 Å². The number of hydrogen-bond acceptors (Lipinski definition) is 7. The Morgan fingerprint density at radius 1 is 0.609 bits per heavy atom. The van der Waals surface area contributed by atoms with Gasteiger partial charge >= 0.3 is 17.9 Å². The van der Waals surface area contributed by atoms with Gasteiger partial charge in [0.15, 0.2) is 0 Å². The largest absolute Gasteiger partial charge is 0.462 e. The highest BCUT2D eigenvalue weighted by Crippen LogP contribution is 2.48. The highest BCUT2D eigenvalue weighted by atomic mass is 16.6. The van der Waals surface area contributed by atoms with Crippen molar-refractivity contribution in [1.29, 1.82) is 0 Å². The van der Waals surface area contributed by atoms with Crippen molar-refractivity contribution < 1.29 is 28.6 Å². The molecule has 7 heteroatoms. The summed E-state index contributed by atoms with van der Waals surface area (Å²) in [6.07, 6.45) is 41.7. The van der Waals surface area contributed by atoms with E-state index in [1.165, 1.54) is 122 Å². The summed E-state index contributed by atoms with van der Waals surface area (Å²) in [5, 5.41) is 0. The van der Waals surface area contributed by atoms with E-state index in [1.54, 1.807) is 0 Å². The van der Waals surface area contributed by atoms with Crippen molar-refractivity contribution in [3.63, 3.8) is 0 Å². The molecule has 64 heavy (non-hydrogen) atoms. The van der Waals surface area contributed by atoms with E-state index in [0.29, 0.717) is 37.0 Å². The maximum absolute atomic E-state index is 14.3. The van der Waals surface area contributed by atoms with Gasteiger partial charge in [0.1, 0.15) is 18.3 Å². The van der Waals surface area contributed by atoms with Crippen molar-refractivity contribution in [3.05, 3.63) is 12.2 Å². The molecule has 3 aliphatic rings. The summed E-state index contributed by atoms with van der Waals surface area (Å²) in [7, 11) is 2.12. The average molecular weight is 898 g/mol. The summed E-state index contributed by atoms with van der Waals surface area (Å²) in [5.41, 5.74) is 0. The summed E-state index contributed by atoms with van der Waals surface area (Å²) < 4.78 is 19.6. The van der Waals surface area contributed by atoms with Crippen LogP contribution in [0.2, 0.25) is 0 Å². The highest BCUT2D eigenvalue weighted by molar-refractivity contribution is 5.73. The van der Waals surface area contributed by atoms with Gasteiger partial charge in [-0.15, -0.1) is 0 Å². The van der Waals surface area contributed by atoms with Crippen molar-refractivity contribution >= 4 is 17.9 Å². The van der Waals surface area contributed by atoms with E-state index in [2.05, 4.69) is 58.7 Å². The molecule has 0 aromatic carbocycles. The van der Waals surface area contributed by atoms with Crippen LogP contribution >= 0.6 is 0 Å². The molecule has 0 radical (unpaired) electrons. The molecule has 1 heterocycles. The number of allylic oxidation sites excluding steroid dienone is 2. The molecule has 0 aromatic heterocycles. The van der Waals surface area contributed by atoms with Gasteiger partial charge in [0.05, 0.1) is 5.92 Å². The Kier molecular flexibility index (Phi) is 31.1. The van der Waals surface area contributed by atoms with Crippen molar-refractivity contribution in [2.24, 2.45) is 35.5 Å². The van der Waals surface area contributed by atoms with E-state index in [4.69, 9.17) is 14.2 Å². The average Bonchev–Trinajstić information content (AvgIpc) is 3.80. The Balaban J connectivity index is 1.75. The minimum Gasteiger partial charge on any atom is -0.462 e. The molecule has 0 aromatic rings. The number of carbonyl (C=O) groups is 3. The fraction of sp³-hybridized carbons (Fsp3) is 0.912. The quantitative estimate of drug-likeness (QED) is 0.0262. The Hall–Kier alpha value is -1.89. The van der Waals surface area contributed by atoms with Crippen LogP contribution in [-0.2, 0) is 28.6 Å². The minimum absolute atomic E-state index is 0.0000132.